The molecule has 0 fully saturated rings. The van der Waals surface area contributed by atoms with Crippen LogP contribution in [0, 0.1) is 0 Å². The second-order valence-electron chi connectivity index (χ2n) is 1.80. The van der Waals surface area contributed by atoms with E-state index in [1.54, 1.807) is 0 Å². The standard InChI is InChI=1S/C5H9NO4/c1-3(8)6-4(2-7)5(9)10/h4,7H,2H2,1H3,(H,6,8)(H,9,10)/p+1/t4-/m1/s1. The van der Waals surface area contributed by atoms with Crippen molar-refractivity contribution in [3.8, 4) is 0 Å². The van der Waals surface area contributed by atoms with Gasteiger partial charge in [0.15, 0.2) is 12.6 Å². The normalized spacial score (nSPS) is 12.2. The summed E-state index contributed by atoms with van der Waals surface area (Å²) in [6.45, 7) is 0.876. The molecule has 4 N–H and O–H groups in total. The van der Waals surface area contributed by atoms with Crippen molar-refractivity contribution in [2.45, 2.75) is 13.0 Å². The Morgan fingerprint density at radius 3 is 2.30 bits per heavy atom. The molecule has 0 heterocycles. The van der Waals surface area contributed by atoms with Crippen LogP contribution in [0.15, 0.2) is 0 Å². The smallest absolute Gasteiger partial charge is 0.334 e. The van der Waals surface area contributed by atoms with E-state index in [1.807, 2.05) is 0 Å². The molecule has 0 saturated carbocycles. The molecule has 5 heteroatoms. The maximum Gasteiger partial charge on any atom is 0.334 e. The van der Waals surface area contributed by atoms with Crippen molar-refractivity contribution in [2.24, 2.45) is 0 Å². The molecular weight excluding hydrogens is 138 g/mol. The zero-order valence-electron chi connectivity index (χ0n) is 5.55. The predicted molar refractivity (Wildman–Crippen MR) is 33.7 cm³/mol. The van der Waals surface area contributed by atoms with E-state index in [4.69, 9.17) is 10.2 Å². The van der Waals surface area contributed by atoms with E-state index >= 15 is 0 Å². The quantitative estimate of drug-likeness (QED) is 0.467. The third-order valence-electron chi connectivity index (χ3n) is 0.880. The van der Waals surface area contributed by atoms with Crippen molar-refractivity contribution >= 4 is 11.9 Å². The summed E-state index contributed by atoms with van der Waals surface area (Å²) in [5.41, 5.74) is 0. The van der Waals surface area contributed by atoms with Gasteiger partial charge in [0.1, 0.15) is 0 Å². The van der Waals surface area contributed by atoms with Crippen LogP contribution in [0.25, 0.3) is 0 Å². The van der Waals surface area contributed by atoms with Crippen molar-refractivity contribution in [3.05, 3.63) is 0 Å². The fraction of sp³-hybridized carbons (Fsp3) is 0.600. The third kappa shape index (κ3) is 3.03. The Balaban J connectivity index is 3.83. The Labute approximate surface area is 57.7 Å². The second-order valence-corrected chi connectivity index (χ2v) is 1.80. The van der Waals surface area contributed by atoms with Crippen LogP contribution < -0.4 is 5.32 Å². The lowest BCUT2D eigenvalue weighted by Gasteiger charge is -2.05. The monoisotopic (exact) mass is 148 g/mol. The lowest BCUT2D eigenvalue weighted by molar-refractivity contribution is -0.142. The average molecular weight is 148 g/mol. The number of hydrogen-bond donors (Lipinski definition) is 2. The van der Waals surface area contributed by atoms with Crippen molar-refractivity contribution < 1.29 is 19.8 Å². The number of carboxylic acids is 1. The average Bonchev–Trinajstić information content (AvgIpc) is 1.81. The molecule has 0 saturated heterocycles. The zero-order valence-corrected chi connectivity index (χ0v) is 5.55. The van der Waals surface area contributed by atoms with Gasteiger partial charge in [-0.25, -0.2) is 4.79 Å². The summed E-state index contributed by atoms with van der Waals surface area (Å²) in [5.74, 6) is -1.61. The molecule has 0 aromatic carbocycles. The second kappa shape index (κ2) is 3.84. The first-order valence-corrected chi connectivity index (χ1v) is 2.72. The van der Waals surface area contributed by atoms with Gasteiger partial charge in [0.2, 0.25) is 5.91 Å². The van der Waals surface area contributed by atoms with Crippen molar-refractivity contribution in [2.75, 3.05) is 6.61 Å². The molecule has 1 amide bonds. The van der Waals surface area contributed by atoms with Crippen LogP contribution in [0.5, 0.6) is 0 Å². The number of amides is 1. The maximum absolute atomic E-state index is 10.3. The largest absolute Gasteiger partial charge is 0.479 e. The summed E-state index contributed by atoms with van der Waals surface area (Å²) in [5, 5.41) is 17.1. The lowest BCUT2D eigenvalue weighted by atomic mass is 10.3. The van der Waals surface area contributed by atoms with Crippen molar-refractivity contribution in [1.82, 2.24) is 5.32 Å². The Hall–Kier alpha value is -1.10. The molecule has 0 aliphatic carbocycles. The number of nitrogens with one attached hydrogen (secondary N) is 1. The Morgan fingerprint density at radius 2 is 2.20 bits per heavy atom. The fourth-order valence-corrected chi connectivity index (χ4v) is 0.445. The van der Waals surface area contributed by atoms with Gasteiger partial charge in [-0.1, -0.05) is 0 Å². The molecule has 0 aromatic heterocycles. The van der Waals surface area contributed by atoms with Crippen molar-refractivity contribution in [1.29, 1.82) is 0 Å². The van der Waals surface area contributed by atoms with Gasteiger partial charge in [-0.05, 0) is 0 Å². The summed E-state index contributed by atoms with van der Waals surface area (Å²) >= 11 is 0. The van der Waals surface area contributed by atoms with E-state index in [0.717, 1.165) is 0 Å². The predicted octanol–water partition coefficient (Wildman–Crippen LogP) is -1.70. The molecule has 0 rings (SSSR count). The van der Waals surface area contributed by atoms with Gasteiger partial charge in [0, 0.05) is 6.92 Å². The minimum absolute atomic E-state index is 0.338. The molecule has 0 aliphatic heterocycles. The molecule has 1 atom stereocenters. The first kappa shape index (κ1) is 8.90. The third-order valence-corrected chi connectivity index (χ3v) is 0.880. The molecule has 10 heavy (non-hydrogen) atoms. The summed E-state index contributed by atoms with van der Waals surface area (Å²) in [6, 6.07) is -1.07. The first-order valence-electron chi connectivity index (χ1n) is 2.72. The minimum atomic E-state index is -1.18. The number of carbonyl (C=O) groups excluding carboxylic acids is 1. The summed E-state index contributed by atoms with van der Waals surface area (Å²) in [4.78, 5) is 20.4. The highest BCUT2D eigenvalue weighted by molar-refractivity contribution is 5.82. The van der Waals surface area contributed by atoms with E-state index in [2.05, 4.69) is 5.32 Å². The fourth-order valence-electron chi connectivity index (χ4n) is 0.445. The van der Waals surface area contributed by atoms with Gasteiger partial charge in [-0.15, -0.1) is 0 Å². The van der Waals surface area contributed by atoms with Gasteiger partial charge < -0.3 is 15.5 Å². The topological polar surface area (TPSA) is 89.3 Å². The van der Waals surface area contributed by atoms with Crippen LogP contribution >= 0.6 is 0 Å². The minimum Gasteiger partial charge on any atom is -0.479 e. The van der Waals surface area contributed by atoms with E-state index in [1.165, 1.54) is 6.92 Å². The maximum atomic E-state index is 10.3. The van der Waals surface area contributed by atoms with Gasteiger partial charge in [-0.2, -0.15) is 0 Å². The van der Waals surface area contributed by atoms with Crippen LogP contribution in [0.2, 0.25) is 0 Å². The summed E-state index contributed by atoms with van der Waals surface area (Å²) < 4.78 is 0. The number of rotatable bonds is 3. The number of aliphatic carboxylic acids is 1. The number of carbonyl (C=O) groups is 2. The van der Waals surface area contributed by atoms with Crippen LogP contribution in [0.3, 0.4) is 0 Å². The highest BCUT2D eigenvalue weighted by Gasteiger charge is 2.18. The van der Waals surface area contributed by atoms with Crippen LogP contribution in [-0.2, 0) is 9.59 Å². The number of carboxylic acid groups (broad SMARTS) is 1. The highest BCUT2D eigenvalue weighted by Crippen LogP contribution is 1.80. The molecule has 0 radical (unpaired) electrons. The molecule has 0 bridgehead atoms. The van der Waals surface area contributed by atoms with Gasteiger partial charge in [0.25, 0.3) is 0 Å². The molecule has 0 unspecified atom stereocenters. The first-order chi connectivity index (χ1) is 4.57. The van der Waals surface area contributed by atoms with Crippen LogP contribution in [-0.4, -0.2) is 34.7 Å². The Kier molecular flexibility index (Phi) is 3.42. The molecule has 0 spiro atoms. The molecule has 0 aromatic rings. The molecule has 0 aliphatic rings. The van der Waals surface area contributed by atoms with E-state index in [-0.39, 0.29) is 6.61 Å². The van der Waals surface area contributed by atoms with Crippen LogP contribution in [0.4, 0.5) is 0 Å². The van der Waals surface area contributed by atoms with E-state index in [9.17, 15) is 9.59 Å². The Morgan fingerprint density at radius 1 is 1.70 bits per heavy atom. The SMILES string of the molecule is CC(=O)N[C@H](C[OH2+])C(=O)O. The summed E-state index contributed by atoms with van der Waals surface area (Å²) in [6.07, 6.45) is 0. The van der Waals surface area contributed by atoms with Gasteiger partial charge >= 0.3 is 5.97 Å². The van der Waals surface area contributed by atoms with E-state index in [0.29, 0.717) is 0 Å². The highest BCUT2D eigenvalue weighted by atomic mass is 16.4. The van der Waals surface area contributed by atoms with Gasteiger partial charge in [-0.3, -0.25) is 4.79 Å². The summed E-state index contributed by atoms with van der Waals surface area (Å²) in [7, 11) is 0. The molecule has 5 nitrogen and oxygen atoms in total. The molecule has 58 valence electrons. The van der Waals surface area contributed by atoms with Crippen LogP contribution in [0.1, 0.15) is 6.92 Å². The Bertz CT molecular complexity index is 145. The van der Waals surface area contributed by atoms with E-state index < -0.39 is 17.9 Å². The van der Waals surface area contributed by atoms with Gasteiger partial charge in [0.05, 0.1) is 0 Å². The molecular formula is C5H10NO4+. The number of hydrogen-bond acceptors (Lipinski definition) is 2. The zero-order chi connectivity index (χ0) is 8.15. The lowest BCUT2D eigenvalue weighted by Crippen LogP contribution is -2.42. The van der Waals surface area contributed by atoms with Crippen molar-refractivity contribution in [3.63, 3.8) is 0 Å².